The summed E-state index contributed by atoms with van der Waals surface area (Å²) in [4.78, 5) is 17.7. The fourth-order valence-electron chi connectivity index (χ4n) is 3.96. The van der Waals surface area contributed by atoms with Crippen molar-refractivity contribution in [2.75, 3.05) is 13.2 Å². The minimum absolute atomic E-state index is 0.0447. The summed E-state index contributed by atoms with van der Waals surface area (Å²) in [5.41, 5.74) is 1.91. The molecule has 6 nitrogen and oxygen atoms in total. The number of nitrogens with zero attached hydrogens (tertiary/aromatic N) is 2. The number of ether oxygens (including phenoxy) is 1. The molecule has 0 bridgehead atoms. The van der Waals surface area contributed by atoms with E-state index in [4.69, 9.17) is 14.3 Å². The number of halogens is 1. The van der Waals surface area contributed by atoms with Gasteiger partial charge in [-0.15, -0.1) is 0 Å². The van der Waals surface area contributed by atoms with Gasteiger partial charge in [0.15, 0.2) is 6.61 Å². The van der Waals surface area contributed by atoms with Gasteiger partial charge in [-0.05, 0) is 43.1 Å². The monoisotopic (exact) mass is 424 g/mol. The predicted octanol–water partition coefficient (Wildman–Crippen LogP) is 4.60. The van der Waals surface area contributed by atoms with Crippen molar-refractivity contribution in [2.24, 2.45) is 0 Å². The number of carboxylic acid groups (broad SMARTS) is 1. The SMILES string of the molecule is O=C(O)COc1ccccc1CN1CCCCC1c1ncc(Cc2ccc(F)cc2)o1. The summed E-state index contributed by atoms with van der Waals surface area (Å²) >= 11 is 0. The number of para-hydroxylation sites is 1. The number of rotatable bonds is 8. The highest BCUT2D eigenvalue weighted by atomic mass is 19.1. The van der Waals surface area contributed by atoms with Crippen LogP contribution in [0.1, 0.15) is 48.1 Å². The Kier molecular flexibility index (Phi) is 6.62. The zero-order valence-corrected chi connectivity index (χ0v) is 17.2. The zero-order chi connectivity index (χ0) is 21.6. The zero-order valence-electron chi connectivity index (χ0n) is 17.2. The van der Waals surface area contributed by atoms with Crippen molar-refractivity contribution in [3.8, 4) is 5.75 Å². The summed E-state index contributed by atoms with van der Waals surface area (Å²) in [6.07, 6.45) is 5.42. The Labute approximate surface area is 180 Å². The molecule has 0 saturated carbocycles. The van der Waals surface area contributed by atoms with Gasteiger partial charge in [-0.2, -0.15) is 0 Å². The fraction of sp³-hybridized carbons (Fsp3) is 0.333. The predicted molar refractivity (Wildman–Crippen MR) is 112 cm³/mol. The summed E-state index contributed by atoms with van der Waals surface area (Å²) in [6.45, 7) is 1.15. The van der Waals surface area contributed by atoms with Crippen LogP contribution in [0.3, 0.4) is 0 Å². The van der Waals surface area contributed by atoms with Gasteiger partial charge in [0, 0.05) is 18.5 Å². The molecule has 1 saturated heterocycles. The molecule has 1 N–H and O–H groups in total. The number of aliphatic carboxylic acids is 1. The average Bonchev–Trinajstić information content (AvgIpc) is 3.23. The van der Waals surface area contributed by atoms with Crippen molar-refractivity contribution < 1.29 is 23.4 Å². The van der Waals surface area contributed by atoms with Crippen LogP contribution in [0.25, 0.3) is 0 Å². The van der Waals surface area contributed by atoms with Gasteiger partial charge in [-0.1, -0.05) is 36.8 Å². The molecule has 0 aliphatic carbocycles. The molecule has 0 spiro atoms. The fourth-order valence-corrected chi connectivity index (χ4v) is 3.96. The lowest BCUT2D eigenvalue weighted by molar-refractivity contribution is -0.139. The second-order valence-electron chi connectivity index (χ2n) is 7.74. The van der Waals surface area contributed by atoms with Crippen LogP contribution in [0.5, 0.6) is 5.75 Å². The Bertz CT molecular complexity index is 1020. The maximum Gasteiger partial charge on any atom is 0.341 e. The second kappa shape index (κ2) is 9.75. The molecule has 4 rings (SSSR count). The van der Waals surface area contributed by atoms with Crippen molar-refractivity contribution in [3.63, 3.8) is 0 Å². The minimum atomic E-state index is -1.00. The third-order valence-corrected chi connectivity index (χ3v) is 5.46. The summed E-state index contributed by atoms with van der Waals surface area (Å²) in [6, 6.07) is 13.9. The minimum Gasteiger partial charge on any atom is -0.482 e. The molecule has 2 heterocycles. The summed E-state index contributed by atoms with van der Waals surface area (Å²) in [5, 5.41) is 8.92. The molecule has 1 aromatic heterocycles. The maximum absolute atomic E-state index is 13.1. The molecule has 1 fully saturated rings. The van der Waals surface area contributed by atoms with E-state index in [1.54, 1.807) is 24.4 Å². The van der Waals surface area contributed by atoms with Crippen LogP contribution in [0, 0.1) is 5.82 Å². The number of carboxylic acids is 1. The van der Waals surface area contributed by atoms with Crippen LogP contribution in [-0.2, 0) is 17.8 Å². The van der Waals surface area contributed by atoms with E-state index in [0.717, 1.165) is 42.7 Å². The van der Waals surface area contributed by atoms with Crippen molar-refractivity contribution in [1.29, 1.82) is 0 Å². The van der Waals surface area contributed by atoms with Gasteiger partial charge >= 0.3 is 5.97 Å². The highest BCUT2D eigenvalue weighted by molar-refractivity contribution is 5.68. The average molecular weight is 424 g/mol. The first kappa shape index (κ1) is 21.1. The van der Waals surface area contributed by atoms with E-state index < -0.39 is 5.97 Å². The van der Waals surface area contributed by atoms with Gasteiger partial charge in [0.05, 0.1) is 12.2 Å². The molecular formula is C24H25FN2O4. The lowest BCUT2D eigenvalue weighted by Crippen LogP contribution is -2.33. The van der Waals surface area contributed by atoms with Crippen LogP contribution in [0.4, 0.5) is 4.39 Å². The van der Waals surface area contributed by atoms with Gasteiger partial charge in [-0.3, -0.25) is 4.90 Å². The number of hydrogen-bond donors (Lipinski definition) is 1. The third kappa shape index (κ3) is 5.49. The number of benzene rings is 2. The van der Waals surface area contributed by atoms with Gasteiger partial charge in [0.1, 0.15) is 17.3 Å². The highest BCUT2D eigenvalue weighted by Gasteiger charge is 2.28. The number of carbonyl (C=O) groups is 1. The normalized spacial score (nSPS) is 16.9. The van der Waals surface area contributed by atoms with Crippen molar-refractivity contribution in [2.45, 2.75) is 38.3 Å². The molecule has 0 radical (unpaired) electrons. The standard InChI is InChI=1S/C24H25FN2O4/c25-19-10-8-17(9-11-19)13-20-14-26-24(31-20)21-6-3-4-12-27(21)15-18-5-1-2-7-22(18)30-16-23(28)29/h1-2,5,7-11,14,21H,3-4,6,12-13,15-16H2,(H,28,29). The molecule has 3 aromatic rings. The van der Waals surface area contributed by atoms with Crippen molar-refractivity contribution >= 4 is 5.97 Å². The van der Waals surface area contributed by atoms with Crippen LogP contribution in [0.15, 0.2) is 59.1 Å². The van der Waals surface area contributed by atoms with E-state index in [-0.39, 0.29) is 18.5 Å². The van der Waals surface area contributed by atoms with Gasteiger partial charge in [0.25, 0.3) is 0 Å². The molecule has 1 aliphatic heterocycles. The molecule has 1 atom stereocenters. The van der Waals surface area contributed by atoms with E-state index in [1.807, 2.05) is 18.2 Å². The third-order valence-electron chi connectivity index (χ3n) is 5.46. The van der Waals surface area contributed by atoms with Crippen LogP contribution in [0.2, 0.25) is 0 Å². The van der Waals surface area contributed by atoms with Crippen LogP contribution < -0.4 is 4.74 Å². The molecule has 0 amide bonds. The summed E-state index contributed by atoms with van der Waals surface area (Å²) in [5.74, 6) is 0.753. The van der Waals surface area contributed by atoms with E-state index in [9.17, 15) is 9.18 Å². The first-order chi connectivity index (χ1) is 15.1. The molecule has 31 heavy (non-hydrogen) atoms. The van der Waals surface area contributed by atoms with Crippen molar-refractivity contribution in [1.82, 2.24) is 9.88 Å². The Morgan fingerprint density at radius 3 is 2.81 bits per heavy atom. The first-order valence-electron chi connectivity index (χ1n) is 10.4. The Hall–Kier alpha value is -3.19. The first-order valence-corrected chi connectivity index (χ1v) is 10.4. The number of aromatic nitrogens is 1. The molecule has 1 unspecified atom stereocenters. The maximum atomic E-state index is 13.1. The van der Waals surface area contributed by atoms with E-state index in [0.29, 0.717) is 24.6 Å². The molecule has 162 valence electrons. The van der Waals surface area contributed by atoms with Gasteiger partial charge < -0.3 is 14.3 Å². The lowest BCUT2D eigenvalue weighted by atomic mass is 10.0. The smallest absolute Gasteiger partial charge is 0.341 e. The number of likely N-dealkylation sites (tertiary alicyclic amines) is 1. The highest BCUT2D eigenvalue weighted by Crippen LogP contribution is 2.33. The molecular weight excluding hydrogens is 399 g/mol. The molecule has 7 heteroatoms. The van der Waals surface area contributed by atoms with Crippen LogP contribution in [-0.4, -0.2) is 34.1 Å². The Morgan fingerprint density at radius 1 is 1.19 bits per heavy atom. The molecule has 2 aromatic carbocycles. The van der Waals surface area contributed by atoms with E-state index in [2.05, 4.69) is 9.88 Å². The summed E-state index contributed by atoms with van der Waals surface area (Å²) < 4.78 is 24.7. The number of hydrogen-bond acceptors (Lipinski definition) is 5. The number of piperidine rings is 1. The lowest BCUT2D eigenvalue weighted by Gasteiger charge is -2.34. The quantitative estimate of drug-likeness (QED) is 0.570. The molecule has 1 aliphatic rings. The second-order valence-corrected chi connectivity index (χ2v) is 7.74. The largest absolute Gasteiger partial charge is 0.482 e. The Balaban J connectivity index is 1.48. The van der Waals surface area contributed by atoms with E-state index >= 15 is 0 Å². The van der Waals surface area contributed by atoms with E-state index in [1.165, 1.54) is 12.1 Å². The number of oxazole rings is 1. The summed E-state index contributed by atoms with van der Waals surface area (Å²) in [7, 11) is 0. The Morgan fingerprint density at radius 2 is 2.00 bits per heavy atom. The van der Waals surface area contributed by atoms with Crippen molar-refractivity contribution in [3.05, 3.63) is 83.3 Å². The van der Waals surface area contributed by atoms with Crippen LogP contribution >= 0.6 is 0 Å². The van der Waals surface area contributed by atoms with Gasteiger partial charge in [-0.25, -0.2) is 14.2 Å². The topological polar surface area (TPSA) is 75.8 Å². The van der Waals surface area contributed by atoms with Gasteiger partial charge in [0.2, 0.25) is 5.89 Å².